The van der Waals surface area contributed by atoms with Crippen molar-refractivity contribution in [1.82, 2.24) is 0 Å². The van der Waals surface area contributed by atoms with E-state index >= 15 is 0 Å². The molecule has 0 radical (unpaired) electrons. The maximum Gasteiger partial charge on any atom is 0.190 e. The fourth-order valence-electron chi connectivity index (χ4n) is 3.01. The highest BCUT2D eigenvalue weighted by molar-refractivity contribution is 7.91. The number of methoxy groups -OCH3 is 2. The summed E-state index contributed by atoms with van der Waals surface area (Å²) in [5, 5.41) is 0. The Morgan fingerprint density at radius 1 is 1.00 bits per heavy atom. The van der Waals surface area contributed by atoms with E-state index in [0.29, 0.717) is 17.1 Å². The first kappa shape index (κ1) is 18.2. The number of carbonyl (C=O) groups is 1. The summed E-state index contributed by atoms with van der Waals surface area (Å²) in [6.07, 6.45) is 1.89. The molecule has 2 aromatic carbocycles. The van der Waals surface area contributed by atoms with Crippen LogP contribution in [0.25, 0.3) is 6.08 Å². The molecule has 1 aliphatic heterocycles. The van der Waals surface area contributed by atoms with E-state index in [2.05, 4.69) is 0 Å². The third-order valence-corrected chi connectivity index (χ3v) is 6.16. The molecule has 0 saturated carbocycles. The first-order chi connectivity index (χ1) is 12.4. The van der Waals surface area contributed by atoms with Crippen LogP contribution in [0.15, 0.2) is 46.9 Å². The number of benzene rings is 2. The molecule has 0 saturated heterocycles. The van der Waals surface area contributed by atoms with Gasteiger partial charge in [-0.25, -0.2) is 8.42 Å². The summed E-state index contributed by atoms with van der Waals surface area (Å²) >= 11 is 0. The maximum atomic E-state index is 13.0. The number of ketones is 1. The molecule has 0 aromatic heterocycles. The van der Waals surface area contributed by atoms with E-state index < -0.39 is 9.84 Å². The third kappa shape index (κ3) is 3.37. The predicted molar refractivity (Wildman–Crippen MR) is 99.7 cm³/mol. The minimum atomic E-state index is -3.48. The van der Waals surface area contributed by atoms with Crippen LogP contribution in [0.5, 0.6) is 11.5 Å². The lowest BCUT2D eigenvalue weighted by molar-refractivity contribution is 0.103. The van der Waals surface area contributed by atoms with Gasteiger partial charge in [-0.3, -0.25) is 4.79 Å². The average molecular weight is 372 g/mol. The van der Waals surface area contributed by atoms with E-state index in [1.807, 2.05) is 6.92 Å². The summed E-state index contributed by atoms with van der Waals surface area (Å²) < 4.78 is 35.5. The van der Waals surface area contributed by atoms with Gasteiger partial charge < -0.3 is 9.47 Å². The van der Waals surface area contributed by atoms with Crippen molar-refractivity contribution in [2.75, 3.05) is 20.0 Å². The highest BCUT2D eigenvalue weighted by Crippen LogP contribution is 2.31. The number of hydrogen-bond donors (Lipinski definition) is 0. The van der Waals surface area contributed by atoms with Gasteiger partial charge in [-0.05, 0) is 49.2 Å². The van der Waals surface area contributed by atoms with E-state index in [4.69, 9.17) is 9.47 Å². The third-order valence-electron chi connectivity index (χ3n) is 4.40. The summed E-state index contributed by atoms with van der Waals surface area (Å²) in [5.74, 6) is 0.797. The topological polar surface area (TPSA) is 69.7 Å². The first-order valence-corrected chi connectivity index (χ1v) is 9.81. The van der Waals surface area contributed by atoms with Crippen molar-refractivity contribution in [3.63, 3.8) is 0 Å². The standard InChI is InChI=1S/C20H20O5S/c1-13-4-7-19-16(10-13)20(21)15(8-9-26(19,22)23)11-14-5-6-17(24-2)18(12-14)25-3/h4-7,10-12H,8-9H2,1-3H3/b15-11-. The molecule has 0 N–H and O–H groups in total. The number of hydrogen-bond acceptors (Lipinski definition) is 5. The number of carbonyl (C=O) groups excluding carboxylic acids is 1. The minimum Gasteiger partial charge on any atom is -0.493 e. The zero-order valence-electron chi connectivity index (χ0n) is 14.9. The Bertz CT molecular complexity index is 1000. The summed E-state index contributed by atoms with van der Waals surface area (Å²) in [5.41, 5.74) is 2.30. The van der Waals surface area contributed by atoms with Gasteiger partial charge in [-0.2, -0.15) is 0 Å². The van der Waals surface area contributed by atoms with Gasteiger partial charge in [0.1, 0.15) is 0 Å². The molecule has 0 atom stereocenters. The van der Waals surface area contributed by atoms with Crippen LogP contribution in [0.1, 0.15) is 27.9 Å². The molecule has 0 aliphatic carbocycles. The van der Waals surface area contributed by atoms with Gasteiger partial charge in [0.05, 0.1) is 24.9 Å². The zero-order chi connectivity index (χ0) is 18.9. The lowest BCUT2D eigenvalue weighted by atomic mass is 9.98. The monoisotopic (exact) mass is 372 g/mol. The zero-order valence-corrected chi connectivity index (χ0v) is 15.7. The molecule has 0 amide bonds. The van der Waals surface area contributed by atoms with Gasteiger partial charge in [0, 0.05) is 11.1 Å². The molecule has 1 heterocycles. The Morgan fingerprint density at radius 3 is 2.42 bits per heavy atom. The van der Waals surface area contributed by atoms with Gasteiger partial charge >= 0.3 is 0 Å². The number of fused-ring (bicyclic) bond motifs is 1. The van der Waals surface area contributed by atoms with Gasteiger partial charge in [-0.1, -0.05) is 17.7 Å². The fraction of sp³-hybridized carbons (Fsp3) is 0.250. The number of rotatable bonds is 3. The smallest absolute Gasteiger partial charge is 0.190 e. The van der Waals surface area contributed by atoms with Gasteiger partial charge in [0.25, 0.3) is 0 Å². The second-order valence-corrected chi connectivity index (χ2v) is 8.26. The second kappa shape index (κ2) is 6.96. The van der Waals surface area contributed by atoms with E-state index in [9.17, 15) is 13.2 Å². The Labute approximate surface area is 153 Å². The van der Waals surface area contributed by atoms with Crippen LogP contribution in [-0.4, -0.2) is 34.2 Å². The van der Waals surface area contributed by atoms with Gasteiger partial charge in [0.15, 0.2) is 27.1 Å². The van der Waals surface area contributed by atoms with Crippen LogP contribution in [0.4, 0.5) is 0 Å². The van der Waals surface area contributed by atoms with Crippen LogP contribution < -0.4 is 9.47 Å². The molecule has 5 nitrogen and oxygen atoms in total. The van der Waals surface area contributed by atoms with Crippen molar-refractivity contribution in [1.29, 1.82) is 0 Å². The van der Waals surface area contributed by atoms with Crippen molar-refractivity contribution in [3.05, 3.63) is 58.7 Å². The van der Waals surface area contributed by atoms with Crippen molar-refractivity contribution in [3.8, 4) is 11.5 Å². The van der Waals surface area contributed by atoms with E-state index in [1.54, 1.807) is 43.5 Å². The lowest BCUT2D eigenvalue weighted by Crippen LogP contribution is -2.07. The molecule has 136 valence electrons. The molecule has 0 spiro atoms. The molecule has 0 unspecified atom stereocenters. The molecule has 26 heavy (non-hydrogen) atoms. The molecular formula is C20H20O5S. The van der Waals surface area contributed by atoms with Gasteiger partial charge in [-0.15, -0.1) is 0 Å². The van der Waals surface area contributed by atoms with E-state index in [1.165, 1.54) is 13.2 Å². The molecule has 0 bridgehead atoms. The Hall–Kier alpha value is -2.60. The normalized spacial score (nSPS) is 17.5. The molecule has 0 fully saturated rings. The highest BCUT2D eigenvalue weighted by Gasteiger charge is 2.29. The van der Waals surface area contributed by atoms with Gasteiger partial charge in [0.2, 0.25) is 0 Å². The fourth-order valence-corrected chi connectivity index (χ4v) is 4.49. The average Bonchev–Trinajstić information content (AvgIpc) is 2.71. The number of aryl methyl sites for hydroxylation is 1. The number of Topliss-reactive ketones (excluding diaryl/α,β-unsaturated/α-hetero) is 1. The molecule has 3 rings (SSSR count). The predicted octanol–water partition coefficient (Wildman–Crippen LogP) is 3.46. The van der Waals surface area contributed by atoms with E-state index in [0.717, 1.165) is 11.1 Å². The Morgan fingerprint density at radius 2 is 1.73 bits per heavy atom. The molecule has 2 aromatic rings. The van der Waals surface area contributed by atoms with Crippen molar-refractivity contribution >= 4 is 21.7 Å². The summed E-state index contributed by atoms with van der Waals surface area (Å²) in [4.78, 5) is 13.1. The second-order valence-electron chi connectivity index (χ2n) is 6.18. The number of allylic oxidation sites excluding steroid dienone is 1. The van der Waals surface area contributed by atoms with Crippen LogP contribution >= 0.6 is 0 Å². The summed E-state index contributed by atoms with van der Waals surface area (Å²) in [6.45, 7) is 1.84. The van der Waals surface area contributed by atoms with Crippen LogP contribution in [-0.2, 0) is 9.84 Å². The summed E-state index contributed by atoms with van der Waals surface area (Å²) in [6, 6.07) is 10.2. The van der Waals surface area contributed by atoms with Crippen LogP contribution in [0.3, 0.4) is 0 Å². The van der Waals surface area contributed by atoms with Crippen LogP contribution in [0, 0.1) is 6.92 Å². The quantitative estimate of drug-likeness (QED) is 0.772. The first-order valence-electron chi connectivity index (χ1n) is 8.16. The molecule has 6 heteroatoms. The lowest BCUT2D eigenvalue weighted by Gasteiger charge is -2.09. The Balaban J connectivity index is 2.10. The maximum absolute atomic E-state index is 13.0. The van der Waals surface area contributed by atoms with Crippen molar-refractivity contribution < 1.29 is 22.7 Å². The van der Waals surface area contributed by atoms with Crippen LogP contribution in [0.2, 0.25) is 0 Å². The minimum absolute atomic E-state index is 0.0894. The highest BCUT2D eigenvalue weighted by atomic mass is 32.2. The van der Waals surface area contributed by atoms with Crippen molar-refractivity contribution in [2.45, 2.75) is 18.2 Å². The molecule has 1 aliphatic rings. The SMILES string of the molecule is COc1ccc(/C=C2/CCS(=O)(=O)c3ccc(C)cc3C2=O)cc1OC. The number of ether oxygens (including phenoxy) is 2. The van der Waals surface area contributed by atoms with Crippen molar-refractivity contribution in [2.24, 2.45) is 0 Å². The largest absolute Gasteiger partial charge is 0.493 e. The Kier molecular flexibility index (Phi) is 4.87. The summed E-state index contributed by atoms with van der Waals surface area (Å²) in [7, 11) is -0.394. The van der Waals surface area contributed by atoms with E-state index in [-0.39, 0.29) is 28.4 Å². The molecular weight excluding hydrogens is 352 g/mol. The number of sulfone groups is 1.